The summed E-state index contributed by atoms with van der Waals surface area (Å²) in [5, 5.41) is 0. The van der Waals surface area contributed by atoms with Crippen molar-refractivity contribution in [2.45, 2.75) is 0 Å². The first kappa shape index (κ1) is 9.36. The predicted molar refractivity (Wildman–Crippen MR) is 32.9 cm³/mol. The summed E-state index contributed by atoms with van der Waals surface area (Å²) in [6.07, 6.45) is 0. The molecule has 0 aliphatic heterocycles. The SMILES string of the molecule is ICI.[Cu]. The first-order valence-corrected chi connectivity index (χ1v) is 3.59. The monoisotopic (exact) mass is 331 g/mol. The van der Waals surface area contributed by atoms with Crippen LogP contribution in [0, 0.1) is 0 Å². The fourth-order valence-corrected chi connectivity index (χ4v) is 0. The minimum Gasteiger partial charge on any atom is -0.0748 e. The molecular formula is CH2CuI2. The van der Waals surface area contributed by atoms with E-state index in [9.17, 15) is 0 Å². The Morgan fingerprint density at radius 2 is 1.25 bits per heavy atom. The van der Waals surface area contributed by atoms with Gasteiger partial charge in [-0.25, -0.2) is 0 Å². The van der Waals surface area contributed by atoms with E-state index < -0.39 is 0 Å². The zero-order valence-corrected chi connectivity index (χ0v) is 7.02. The van der Waals surface area contributed by atoms with Gasteiger partial charge in [-0.3, -0.25) is 0 Å². The molecule has 0 bridgehead atoms. The van der Waals surface area contributed by atoms with E-state index in [2.05, 4.69) is 45.2 Å². The topological polar surface area (TPSA) is 0 Å². The second kappa shape index (κ2) is 8.88. The molecule has 1 radical (unpaired) electrons. The van der Waals surface area contributed by atoms with E-state index in [1.807, 2.05) is 0 Å². The summed E-state index contributed by atoms with van der Waals surface area (Å²) in [4.78, 5) is 0. The molecule has 0 nitrogen and oxygen atoms in total. The Bertz CT molecular complexity index is 6.00. The van der Waals surface area contributed by atoms with Crippen molar-refractivity contribution in [3.8, 4) is 0 Å². The van der Waals surface area contributed by atoms with Crippen molar-refractivity contribution < 1.29 is 17.1 Å². The Kier molecular flexibility index (Phi) is 20.8. The standard InChI is InChI=1S/CH2I2.Cu/c2-1-3;/h1H2;. The number of hydrogen-bond acceptors (Lipinski definition) is 0. The fraction of sp³-hybridized carbons (Fsp3) is 1.00. The predicted octanol–water partition coefficient (Wildman–Crippen LogP) is 1.81. The van der Waals surface area contributed by atoms with Crippen molar-refractivity contribution >= 4 is 45.2 Å². The van der Waals surface area contributed by atoms with Crippen LogP contribution in [0.4, 0.5) is 0 Å². The van der Waals surface area contributed by atoms with Gasteiger partial charge in [-0.15, -0.1) is 0 Å². The largest absolute Gasteiger partial charge is 0.0748 e. The van der Waals surface area contributed by atoms with E-state index in [0.29, 0.717) is 0 Å². The Morgan fingerprint density at radius 1 is 1.25 bits per heavy atom. The van der Waals surface area contributed by atoms with Gasteiger partial charge in [0.2, 0.25) is 0 Å². The van der Waals surface area contributed by atoms with Crippen LogP contribution in [0.2, 0.25) is 0 Å². The molecule has 0 saturated heterocycles. The number of hydrogen-bond donors (Lipinski definition) is 0. The van der Waals surface area contributed by atoms with Gasteiger partial charge in [0.25, 0.3) is 0 Å². The van der Waals surface area contributed by atoms with Crippen molar-refractivity contribution in [3.63, 3.8) is 0 Å². The van der Waals surface area contributed by atoms with Crippen LogP contribution in [0.3, 0.4) is 0 Å². The van der Waals surface area contributed by atoms with E-state index in [1.54, 1.807) is 0 Å². The van der Waals surface area contributed by atoms with Gasteiger partial charge in [-0.2, -0.15) is 0 Å². The van der Waals surface area contributed by atoms with Gasteiger partial charge in [0.1, 0.15) is 0 Å². The van der Waals surface area contributed by atoms with Crippen LogP contribution < -0.4 is 0 Å². The fourth-order valence-electron chi connectivity index (χ4n) is 0. The molecule has 0 aromatic carbocycles. The maximum atomic E-state index is 2.28. The molecule has 3 heteroatoms. The van der Waals surface area contributed by atoms with E-state index in [-0.39, 0.29) is 17.1 Å². The normalized spacial score (nSPS) is 4.50. The van der Waals surface area contributed by atoms with Gasteiger partial charge in [0.15, 0.2) is 0 Å². The molecule has 4 heavy (non-hydrogen) atoms. The van der Waals surface area contributed by atoms with Crippen LogP contribution in [-0.4, -0.2) is 2.43 Å². The van der Waals surface area contributed by atoms with Crippen molar-refractivity contribution in [2.75, 3.05) is 2.43 Å². The molecule has 0 rings (SSSR count). The molecule has 0 aromatic rings. The summed E-state index contributed by atoms with van der Waals surface area (Å²) in [7, 11) is 0. The molecule has 0 aliphatic rings. The van der Waals surface area contributed by atoms with Gasteiger partial charge in [0, 0.05) is 17.1 Å². The average molecular weight is 331 g/mol. The third-order valence-corrected chi connectivity index (χ3v) is 0. The molecule has 0 heterocycles. The summed E-state index contributed by atoms with van der Waals surface area (Å²) >= 11 is 4.55. The summed E-state index contributed by atoms with van der Waals surface area (Å²) < 4.78 is 1.19. The second-order valence-electron chi connectivity index (χ2n) is 0.101. The average Bonchev–Trinajstić information content (AvgIpc) is 0.918. The van der Waals surface area contributed by atoms with Gasteiger partial charge >= 0.3 is 0 Å². The first-order chi connectivity index (χ1) is 1.41. The summed E-state index contributed by atoms with van der Waals surface area (Å²) in [5.41, 5.74) is 0. The number of halogens is 2. The van der Waals surface area contributed by atoms with E-state index in [1.165, 1.54) is 2.43 Å². The zero-order valence-electron chi connectivity index (χ0n) is 1.76. The van der Waals surface area contributed by atoms with Crippen molar-refractivity contribution in [1.82, 2.24) is 0 Å². The summed E-state index contributed by atoms with van der Waals surface area (Å²) in [5.74, 6) is 0. The quantitative estimate of drug-likeness (QED) is 0.361. The van der Waals surface area contributed by atoms with E-state index in [4.69, 9.17) is 0 Å². The second-order valence-corrected chi connectivity index (χ2v) is 4.55. The molecule has 0 aromatic heterocycles. The maximum absolute atomic E-state index is 2.28. The van der Waals surface area contributed by atoms with Crippen LogP contribution in [0.5, 0.6) is 0 Å². The van der Waals surface area contributed by atoms with Crippen LogP contribution in [0.15, 0.2) is 0 Å². The van der Waals surface area contributed by atoms with Gasteiger partial charge in [-0.1, -0.05) is 45.2 Å². The number of alkyl halides is 2. The molecule has 0 spiro atoms. The van der Waals surface area contributed by atoms with Crippen LogP contribution >= 0.6 is 45.2 Å². The molecule has 0 N–H and O–H groups in total. The molecule has 0 fully saturated rings. The number of rotatable bonds is 0. The molecule has 0 amide bonds. The molecule has 31 valence electrons. The maximum Gasteiger partial charge on any atom is 0.0516 e. The van der Waals surface area contributed by atoms with Crippen molar-refractivity contribution in [2.24, 2.45) is 0 Å². The minimum absolute atomic E-state index is 0. The van der Waals surface area contributed by atoms with Crippen LogP contribution in [0.1, 0.15) is 0 Å². The molecular weight excluding hydrogens is 329 g/mol. The van der Waals surface area contributed by atoms with Gasteiger partial charge in [0.05, 0.1) is 2.43 Å². The third kappa shape index (κ3) is 9.02. The Morgan fingerprint density at radius 3 is 1.25 bits per heavy atom. The minimum atomic E-state index is 0. The third-order valence-electron chi connectivity index (χ3n) is 0. The van der Waals surface area contributed by atoms with E-state index >= 15 is 0 Å². The van der Waals surface area contributed by atoms with Crippen LogP contribution in [0.25, 0.3) is 0 Å². The molecule has 0 unspecified atom stereocenters. The Hall–Kier alpha value is 1.98. The van der Waals surface area contributed by atoms with E-state index in [0.717, 1.165) is 0 Å². The first-order valence-electron chi connectivity index (χ1n) is 0.535. The smallest absolute Gasteiger partial charge is 0.0516 e. The van der Waals surface area contributed by atoms with Crippen molar-refractivity contribution in [1.29, 1.82) is 0 Å². The van der Waals surface area contributed by atoms with Gasteiger partial charge in [-0.05, 0) is 0 Å². The summed E-state index contributed by atoms with van der Waals surface area (Å²) in [6.45, 7) is 0. The molecule has 0 aliphatic carbocycles. The van der Waals surface area contributed by atoms with Crippen molar-refractivity contribution in [3.05, 3.63) is 0 Å². The summed E-state index contributed by atoms with van der Waals surface area (Å²) in [6, 6.07) is 0. The Balaban J connectivity index is 0. The Labute approximate surface area is 63.9 Å². The molecule has 0 saturated carbocycles. The molecule has 0 atom stereocenters. The van der Waals surface area contributed by atoms with Gasteiger partial charge < -0.3 is 0 Å². The zero-order chi connectivity index (χ0) is 2.71. The van der Waals surface area contributed by atoms with Crippen LogP contribution in [-0.2, 0) is 17.1 Å².